The third kappa shape index (κ3) is 10.1. The van der Waals surface area contributed by atoms with Gasteiger partial charge in [-0.05, 0) is 62.1 Å². The van der Waals surface area contributed by atoms with Gasteiger partial charge in [0.2, 0.25) is 0 Å². The van der Waals surface area contributed by atoms with Gasteiger partial charge < -0.3 is 4.74 Å². The van der Waals surface area contributed by atoms with Crippen molar-refractivity contribution in [2.45, 2.75) is 46.9 Å². The lowest BCUT2D eigenvalue weighted by molar-refractivity contribution is -0.138. The van der Waals surface area contributed by atoms with Crippen LogP contribution in [0.4, 0.5) is 22.0 Å². The van der Waals surface area contributed by atoms with Gasteiger partial charge in [-0.15, -0.1) is 11.8 Å². The van der Waals surface area contributed by atoms with Crippen molar-refractivity contribution in [1.82, 2.24) is 0 Å². The van der Waals surface area contributed by atoms with Crippen molar-refractivity contribution in [3.8, 4) is 5.75 Å². The molecule has 0 unspecified atom stereocenters. The molecule has 1 rings (SSSR count). The smallest absolute Gasteiger partial charge is 0.416 e. The zero-order valence-corrected chi connectivity index (χ0v) is 18.8. The van der Waals surface area contributed by atoms with E-state index in [-0.39, 0.29) is 11.3 Å². The van der Waals surface area contributed by atoms with E-state index in [1.165, 1.54) is 12.0 Å². The highest BCUT2D eigenvalue weighted by Gasteiger charge is 2.32. The molecule has 1 aromatic carbocycles. The normalized spacial score (nSPS) is 13.5. The molecule has 0 heterocycles. The molecule has 0 amide bonds. The molecule has 0 aliphatic rings. The molecule has 8 heteroatoms. The molecule has 0 aliphatic carbocycles. The van der Waals surface area contributed by atoms with Crippen molar-refractivity contribution in [2.75, 3.05) is 13.3 Å². The van der Waals surface area contributed by atoms with Crippen molar-refractivity contribution in [2.24, 2.45) is 4.99 Å². The highest BCUT2D eigenvalue weighted by Crippen LogP contribution is 2.34. The number of rotatable bonds is 7. The minimum atomic E-state index is -4.66. The summed E-state index contributed by atoms with van der Waals surface area (Å²) in [6.45, 7) is 4.54. The fraction of sp³-hybridized carbons (Fsp3) is 0.409. The fourth-order valence-corrected chi connectivity index (χ4v) is 2.38. The van der Waals surface area contributed by atoms with Crippen molar-refractivity contribution in [3.05, 3.63) is 64.1 Å². The number of alkyl halides is 5. The fourth-order valence-electron chi connectivity index (χ4n) is 2.14. The standard InChI is InChI=1S/C17H18F5NO.C5H10S/c1-4-5-6-7-11(2)15(23-3)13-9-8-12(17(20,21)22)10-14(13)24-16(18)19;1-4-5(2)6-3/h5-10,16H,4H2,1-3H3;4H,1-3H3/b6-5-,11-7+,23-15?;5-4+. The number of nitrogens with zero attached hydrogens (tertiary/aromatic N) is 1. The van der Waals surface area contributed by atoms with E-state index in [4.69, 9.17) is 0 Å². The summed E-state index contributed by atoms with van der Waals surface area (Å²) in [6.07, 6.45) is 5.67. The van der Waals surface area contributed by atoms with Crippen LogP contribution in [0.25, 0.3) is 0 Å². The van der Waals surface area contributed by atoms with Crippen molar-refractivity contribution in [3.63, 3.8) is 0 Å². The van der Waals surface area contributed by atoms with Crippen LogP contribution in [-0.2, 0) is 6.18 Å². The van der Waals surface area contributed by atoms with Gasteiger partial charge in [0.15, 0.2) is 0 Å². The highest BCUT2D eigenvalue weighted by atomic mass is 32.2. The van der Waals surface area contributed by atoms with Crippen LogP contribution in [0.2, 0.25) is 0 Å². The Balaban J connectivity index is 0.00000122. The third-order valence-corrected chi connectivity index (χ3v) is 4.70. The second kappa shape index (κ2) is 14.0. The number of hydrogen-bond acceptors (Lipinski definition) is 3. The molecular formula is C22H28F5NOS. The summed E-state index contributed by atoms with van der Waals surface area (Å²) in [6, 6.07) is 2.46. The zero-order valence-electron chi connectivity index (χ0n) is 18.0. The number of aliphatic imine (C=N–C) groups is 1. The van der Waals surface area contributed by atoms with Crippen molar-refractivity contribution < 1.29 is 26.7 Å². The van der Waals surface area contributed by atoms with Crippen LogP contribution >= 0.6 is 11.8 Å². The molecular weight excluding hydrogens is 421 g/mol. The number of hydrogen-bond donors (Lipinski definition) is 0. The predicted octanol–water partition coefficient (Wildman–Crippen LogP) is 7.91. The molecule has 0 saturated heterocycles. The quantitative estimate of drug-likeness (QED) is 0.240. The second-order valence-electron chi connectivity index (χ2n) is 5.95. The van der Waals surface area contributed by atoms with Gasteiger partial charge in [0.25, 0.3) is 0 Å². The van der Waals surface area contributed by atoms with E-state index in [1.807, 2.05) is 19.9 Å². The topological polar surface area (TPSA) is 21.6 Å². The molecule has 0 radical (unpaired) electrons. The molecule has 0 aliphatic heterocycles. The van der Waals surface area contributed by atoms with Gasteiger partial charge >= 0.3 is 12.8 Å². The Morgan fingerprint density at radius 1 is 1.23 bits per heavy atom. The minimum Gasteiger partial charge on any atom is -0.434 e. The maximum Gasteiger partial charge on any atom is 0.416 e. The first kappa shape index (κ1) is 27.9. The average molecular weight is 450 g/mol. The van der Waals surface area contributed by atoms with Gasteiger partial charge in [-0.2, -0.15) is 22.0 Å². The Labute approximate surface area is 179 Å². The summed E-state index contributed by atoms with van der Waals surface area (Å²) in [7, 11) is 1.43. The molecule has 0 N–H and O–H groups in total. The molecule has 30 heavy (non-hydrogen) atoms. The van der Waals surface area contributed by atoms with Gasteiger partial charge in [0.1, 0.15) is 5.75 Å². The van der Waals surface area contributed by atoms with E-state index in [9.17, 15) is 22.0 Å². The van der Waals surface area contributed by atoms with E-state index in [2.05, 4.69) is 29.0 Å². The number of halogens is 5. The molecule has 0 saturated carbocycles. The van der Waals surface area contributed by atoms with Gasteiger partial charge in [0.05, 0.1) is 11.3 Å². The minimum absolute atomic E-state index is 0.0736. The maximum atomic E-state index is 12.8. The highest BCUT2D eigenvalue weighted by molar-refractivity contribution is 8.02. The zero-order chi connectivity index (χ0) is 23.3. The van der Waals surface area contributed by atoms with Crippen molar-refractivity contribution in [1.29, 1.82) is 0 Å². The van der Waals surface area contributed by atoms with E-state index >= 15 is 0 Å². The Bertz CT molecular complexity index is 780. The van der Waals surface area contributed by atoms with Crippen LogP contribution in [0.5, 0.6) is 5.75 Å². The van der Waals surface area contributed by atoms with Gasteiger partial charge in [-0.25, -0.2) is 0 Å². The lowest BCUT2D eigenvalue weighted by Gasteiger charge is -2.15. The largest absolute Gasteiger partial charge is 0.434 e. The first-order valence-corrected chi connectivity index (χ1v) is 10.4. The third-order valence-electron chi connectivity index (χ3n) is 3.82. The number of benzene rings is 1. The molecule has 0 bridgehead atoms. The SMILES string of the molecule is C/C=C(\C)SC.CC/C=C\C=C(/C)C(=NC)c1ccc(C(F)(F)F)cc1OC(F)F. The first-order valence-electron chi connectivity index (χ1n) is 9.15. The second-order valence-corrected chi connectivity index (χ2v) is 7.00. The van der Waals surface area contributed by atoms with Gasteiger partial charge in [-0.1, -0.05) is 31.2 Å². The van der Waals surface area contributed by atoms with Crippen LogP contribution in [0.1, 0.15) is 45.2 Å². The molecule has 1 aromatic rings. The van der Waals surface area contributed by atoms with Crippen LogP contribution in [-0.4, -0.2) is 25.6 Å². The van der Waals surface area contributed by atoms with Gasteiger partial charge in [-0.3, -0.25) is 4.99 Å². The molecule has 0 aromatic heterocycles. The van der Waals surface area contributed by atoms with Crippen LogP contribution in [0.15, 0.2) is 58.0 Å². The van der Waals surface area contributed by atoms with Gasteiger partial charge in [0, 0.05) is 12.6 Å². The predicted molar refractivity (Wildman–Crippen MR) is 117 cm³/mol. The van der Waals surface area contributed by atoms with Crippen molar-refractivity contribution >= 4 is 17.5 Å². The Morgan fingerprint density at radius 2 is 1.87 bits per heavy atom. The summed E-state index contributed by atoms with van der Waals surface area (Å²) in [4.78, 5) is 5.39. The molecule has 168 valence electrons. The Morgan fingerprint density at radius 3 is 2.27 bits per heavy atom. The summed E-state index contributed by atoms with van der Waals surface area (Å²) in [5.41, 5.74) is -0.101. The average Bonchev–Trinajstić information content (AvgIpc) is 2.68. The maximum absolute atomic E-state index is 12.8. The summed E-state index contributed by atoms with van der Waals surface area (Å²) >= 11 is 1.79. The summed E-state index contributed by atoms with van der Waals surface area (Å²) in [5.74, 6) is -0.562. The number of allylic oxidation sites excluding steroid dienone is 6. The Kier molecular flexibility index (Phi) is 13.0. The van der Waals surface area contributed by atoms with E-state index in [0.717, 1.165) is 18.6 Å². The van der Waals surface area contributed by atoms with E-state index < -0.39 is 24.1 Å². The first-order chi connectivity index (χ1) is 14.0. The van der Waals surface area contributed by atoms with E-state index in [1.54, 1.807) is 30.8 Å². The Hall–Kier alpha value is -2.09. The molecule has 0 atom stereocenters. The lowest BCUT2D eigenvalue weighted by Crippen LogP contribution is -2.12. The summed E-state index contributed by atoms with van der Waals surface area (Å²) in [5, 5.41) is 0. The van der Waals surface area contributed by atoms with Crippen LogP contribution in [0.3, 0.4) is 0 Å². The summed E-state index contributed by atoms with van der Waals surface area (Å²) < 4.78 is 67.8. The number of thioether (sulfide) groups is 1. The van der Waals surface area contributed by atoms with E-state index in [0.29, 0.717) is 11.6 Å². The van der Waals surface area contributed by atoms with Crippen LogP contribution < -0.4 is 4.74 Å². The van der Waals surface area contributed by atoms with Crippen LogP contribution in [0, 0.1) is 0 Å². The molecule has 2 nitrogen and oxygen atoms in total. The molecule has 0 fully saturated rings. The molecule has 0 spiro atoms. The number of ether oxygens (including phenoxy) is 1. The lowest BCUT2D eigenvalue weighted by atomic mass is 10.00. The monoisotopic (exact) mass is 449 g/mol.